The first kappa shape index (κ1) is 25.9. The Labute approximate surface area is 214 Å². The summed E-state index contributed by atoms with van der Waals surface area (Å²) in [6, 6.07) is 8.49. The summed E-state index contributed by atoms with van der Waals surface area (Å²) >= 11 is 5.83. The summed E-state index contributed by atoms with van der Waals surface area (Å²) in [5.74, 6) is 3.42. The molecule has 0 spiro atoms. The van der Waals surface area contributed by atoms with Crippen molar-refractivity contribution in [3.63, 3.8) is 0 Å². The highest BCUT2D eigenvalue weighted by molar-refractivity contribution is 6.31. The molecule has 6 nitrogen and oxygen atoms in total. The number of anilines is 1. The van der Waals surface area contributed by atoms with Crippen molar-refractivity contribution < 1.29 is 9.47 Å². The predicted molar refractivity (Wildman–Crippen MR) is 143 cm³/mol. The minimum Gasteiger partial charge on any atom is -0.481 e. The number of benzene rings is 1. The first-order valence-electron chi connectivity index (χ1n) is 12.7. The summed E-state index contributed by atoms with van der Waals surface area (Å²) in [7, 11) is 1.53. The molecule has 3 N–H and O–H groups in total. The minimum absolute atomic E-state index is 0.124. The van der Waals surface area contributed by atoms with Crippen LogP contribution in [0, 0.1) is 23.2 Å². The van der Waals surface area contributed by atoms with Crippen LogP contribution in [0.15, 0.2) is 36.5 Å². The third kappa shape index (κ3) is 6.75. The number of nitrogens with zero attached hydrogens (tertiary/aromatic N) is 2. The molecule has 1 aromatic heterocycles. The maximum atomic E-state index is 8.15. The molecule has 2 saturated heterocycles. The van der Waals surface area contributed by atoms with E-state index >= 15 is 0 Å². The average Bonchev–Trinajstić information content (AvgIpc) is 3.40. The number of rotatable bonds is 5. The lowest BCUT2D eigenvalue weighted by Gasteiger charge is -2.37. The van der Waals surface area contributed by atoms with Crippen molar-refractivity contribution in [1.29, 1.82) is 5.41 Å². The number of likely N-dealkylation sites (tertiary alicyclic amines) is 1. The Bertz CT molecular complexity index is 1020. The fourth-order valence-corrected chi connectivity index (χ4v) is 6.13. The van der Waals surface area contributed by atoms with Gasteiger partial charge in [0, 0.05) is 60.3 Å². The lowest BCUT2D eigenvalue weighted by Crippen LogP contribution is -2.39. The summed E-state index contributed by atoms with van der Waals surface area (Å²) < 4.78 is 10.8. The van der Waals surface area contributed by atoms with Gasteiger partial charge in [0.05, 0.1) is 18.4 Å². The van der Waals surface area contributed by atoms with Crippen molar-refractivity contribution >= 4 is 23.0 Å². The molecule has 1 unspecified atom stereocenters. The fourth-order valence-electron chi connectivity index (χ4n) is 5.95. The Morgan fingerprint density at radius 3 is 2.60 bits per heavy atom. The summed E-state index contributed by atoms with van der Waals surface area (Å²) in [5.41, 5.74) is 8.09. The van der Waals surface area contributed by atoms with Gasteiger partial charge in [-0.25, -0.2) is 4.98 Å². The van der Waals surface area contributed by atoms with Crippen molar-refractivity contribution in [2.24, 2.45) is 17.8 Å². The van der Waals surface area contributed by atoms with Gasteiger partial charge in [0.1, 0.15) is 0 Å². The van der Waals surface area contributed by atoms with Crippen LogP contribution in [0.5, 0.6) is 5.88 Å². The monoisotopic (exact) mass is 498 g/mol. The van der Waals surface area contributed by atoms with Gasteiger partial charge >= 0.3 is 0 Å². The van der Waals surface area contributed by atoms with Gasteiger partial charge < -0.3 is 20.1 Å². The quantitative estimate of drug-likeness (QED) is 0.410. The van der Waals surface area contributed by atoms with Gasteiger partial charge in [-0.15, -0.1) is 0 Å². The van der Waals surface area contributed by atoms with Crippen LogP contribution in [0.2, 0.25) is 5.02 Å². The molecule has 1 saturated carbocycles. The molecule has 3 atom stereocenters. The average molecular weight is 499 g/mol. The molecule has 190 valence electrons. The molecule has 0 radical (unpaired) electrons. The van der Waals surface area contributed by atoms with E-state index in [0.717, 1.165) is 24.4 Å². The fraction of sp³-hybridized carbons (Fsp3) is 0.571. The summed E-state index contributed by atoms with van der Waals surface area (Å²) in [6.45, 7) is 9.58. The normalized spacial score (nSPS) is 25.4. The van der Waals surface area contributed by atoms with E-state index in [1.54, 1.807) is 36.5 Å². The number of pyridine rings is 1. The first-order chi connectivity index (χ1) is 16.7. The summed E-state index contributed by atoms with van der Waals surface area (Å²) in [4.78, 5) is 6.75. The van der Waals surface area contributed by atoms with E-state index in [4.69, 9.17) is 32.2 Å². The highest BCUT2D eigenvalue weighted by atomic mass is 35.5. The number of nitrogens with two attached hydrogens (primary N) is 1. The van der Waals surface area contributed by atoms with Gasteiger partial charge in [0.25, 0.3) is 0 Å². The largest absolute Gasteiger partial charge is 0.481 e. The Hall–Kier alpha value is -2.15. The molecule has 5 rings (SSSR count). The Kier molecular flexibility index (Phi) is 8.35. The maximum absolute atomic E-state index is 8.15. The number of aromatic nitrogens is 1. The lowest BCUT2D eigenvalue weighted by molar-refractivity contribution is -0.0762. The van der Waals surface area contributed by atoms with E-state index in [9.17, 15) is 0 Å². The molecule has 2 aliphatic heterocycles. The zero-order chi connectivity index (χ0) is 25.0. The SMILES string of the molecule is CC1(C)CC(CN2C[C@H]3CCC[C@H]3C2)CCO1.COc1cc(C(=N)c2ccc(Cl)cc2N)ccn1. The predicted octanol–water partition coefficient (Wildman–Crippen LogP) is 5.67. The third-order valence-corrected chi connectivity index (χ3v) is 7.87. The van der Waals surface area contributed by atoms with E-state index in [1.165, 1.54) is 58.8 Å². The van der Waals surface area contributed by atoms with Gasteiger partial charge in [-0.2, -0.15) is 0 Å². The van der Waals surface area contributed by atoms with Crippen molar-refractivity contribution in [2.75, 3.05) is 39.1 Å². The number of methoxy groups -OCH3 is 1. The van der Waals surface area contributed by atoms with Crippen molar-refractivity contribution in [3.05, 3.63) is 52.7 Å². The van der Waals surface area contributed by atoms with E-state index in [2.05, 4.69) is 23.7 Å². The summed E-state index contributed by atoms with van der Waals surface area (Å²) in [6.07, 6.45) is 8.61. The van der Waals surface area contributed by atoms with E-state index in [0.29, 0.717) is 33.4 Å². The molecule has 35 heavy (non-hydrogen) atoms. The second-order valence-electron chi connectivity index (χ2n) is 10.8. The van der Waals surface area contributed by atoms with Crippen LogP contribution in [0.25, 0.3) is 0 Å². The molecular weight excluding hydrogens is 460 g/mol. The van der Waals surface area contributed by atoms with Gasteiger partial charge in [0.15, 0.2) is 0 Å². The number of fused-ring (bicyclic) bond motifs is 1. The van der Waals surface area contributed by atoms with Crippen LogP contribution in [0.4, 0.5) is 5.69 Å². The first-order valence-corrected chi connectivity index (χ1v) is 13.1. The number of halogens is 1. The summed E-state index contributed by atoms with van der Waals surface area (Å²) in [5, 5.41) is 8.70. The molecular formula is C28H39ClN4O2. The second kappa shape index (κ2) is 11.3. The minimum atomic E-state index is 0.124. The molecule has 3 aliphatic rings. The maximum Gasteiger partial charge on any atom is 0.213 e. The Balaban J connectivity index is 0.000000165. The second-order valence-corrected chi connectivity index (χ2v) is 11.3. The molecule has 2 aromatic rings. The van der Waals surface area contributed by atoms with Gasteiger partial charge in [-0.05, 0) is 81.5 Å². The van der Waals surface area contributed by atoms with Crippen LogP contribution in [-0.2, 0) is 4.74 Å². The number of hydrogen-bond acceptors (Lipinski definition) is 6. The third-order valence-electron chi connectivity index (χ3n) is 7.63. The van der Waals surface area contributed by atoms with Gasteiger partial charge in [-0.1, -0.05) is 18.0 Å². The Morgan fingerprint density at radius 1 is 1.20 bits per heavy atom. The number of ether oxygens (including phenoxy) is 2. The van der Waals surface area contributed by atoms with Crippen LogP contribution in [-0.4, -0.2) is 54.5 Å². The van der Waals surface area contributed by atoms with Crippen LogP contribution in [0.3, 0.4) is 0 Å². The smallest absolute Gasteiger partial charge is 0.213 e. The number of nitrogens with one attached hydrogen (secondary N) is 1. The van der Waals surface area contributed by atoms with Crippen LogP contribution >= 0.6 is 11.6 Å². The van der Waals surface area contributed by atoms with Crippen molar-refractivity contribution in [3.8, 4) is 5.88 Å². The van der Waals surface area contributed by atoms with Gasteiger partial charge in [0.2, 0.25) is 5.88 Å². The van der Waals surface area contributed by atoms with E-state index in [-0.39, 0.29) is 5.60 Å². The van der Waals surface area contributed by atoms with Gasteiger partial charge in [-0.3, -0.25) is 5.41 Å². The molecule has 0 amide bonds. The number of nitrogen functional groups attached to an aromatic ring is 1. The van der Waals surface area contributed by atoms with Crippen molar-refractivity contribution in [1.82, 2.24) is 9.88 Å². The zero-order valence-electron chi connectivity index (χ0n) is 21.2. The van der Waals surface area contributed by atoms with Crippen LogP contribution < -0.4 is 10.5 Å². The molecule has 3 fully saturated rings. The highest BCUT2D eigenvalue weighted by Gasteiger charge is 2.38. The topological polar surface area (TPSA) is 84.5 Å². The Morgan fingerprint density at radius 2 is 1.94 bits per heavy atom. The van der Waals surface area contributed by atoms with E-state index in [1.807, 2.05) is 0 Å². The zero-order valence-corrected chi connectivity index (χ0v) is 22.0. The molecule has 1 aromatic carbocycles. The molecule has 1 aliphatic carbocycles. The lowest BCUT2D eigenvalue weighted by atomic mass is 9.88. The number of hydrogen-bond donors (Lipinski definition) is 2. The van der Waals surface area contributed by atoms with E-state index < -0.39 is 0 Å². The molecule has 0 bridgehead atoms. The molecule has 7 heteroatoms. The van der Waals surface area contributed by atoms with Crippen molar-refractivity contribution in [2.45, 2.75) is 51.6 Å². The highest BCUT2D eigenvalue weighted by Crippen LogP contribution is 2.39. The molecule has 3 heterocycles. The standard InChI is InChI=1S/C15H27NO.C13H12ClN3O/c1-15(2)8-12(6-7-17-15)9-16-10-13-4-3-5-14(13)11-16;1-18-12-6-8(4-5-17-12)13(16)10-3-2-9(14)7-11(10)15/h12-14H,3-11H2,1-2H3;2-7,16H,15H2,1H3/t12?,13-,14+;. The van der Waals surface area contributed by atoms with Crippen LogP contribution in [0.1, 0.15) is 57.1 Å².